The molecule has 1 saturated carbocycles. The minimum atomic E-state index is -0.417. The molecule has 6 heteroatoms. The summed E-state index contributed by atoms with van der Waals surface area (Å²) >= 11 is 0. The van der Waals surface area contributed by atoms with E-state index in [1.807, 2.05) is 0 Å². The van der Waals surface area contributed by atoms with Gasteiger partial charge < -0.3 is 10.2 Å². The van der Waals surface area contributed by atoms with Crippen molar-refractivity contribution in [2.24, 2.45) is 0 Å². The Morgan fingerprint density at radius 3 is 3.06 bits per heavy atom. The van der Waals surface area contributed by atoms with Crippen LogP contribution in [0.3, 0.4) is 0 Å². The average molecular weight is 236 g/mol. The van der Waals surface area contributed by atoms with Crippen molar-refractivity contribution in [3.63, 3.8) is 0 Å². The van der Waals surface area contributed by atoms with Crippen molar-refractivity contribution in [1.82, 2.24) is 9.88 Å². The molecule has 0 unspecified atom stereocenters. The molecule has 0 atom stereocenters. The number of nitrogens with one attached hydrogen (secondary N) is 1. The van der Waals surface area contributed by atoms with Gasteiger partial charge in [0.1, 0.15) is 0 Å². The normalized spacial score (nSPS) is 14.9. The number of pyridine rings is 1. The van der Waals surface area contributed by atoms with Crippen LogP contribution in [-0.2, 0) is 0 Å². The second-order valence-corrected chi connectivity index (χ2v) is 4.27. The van der Waals surface area contributed by atoms with Crippen LogP contribution in [0.15, 0.2) is 18.3 Å². The fraction of sp³-hybridized carbons (Fsp3) is 0.545. The van der Waals surface area contributed by atoms with Crippen LogP contribution in [0.4, 0.5) is 11.5 Å². The number of hydrogen-bond donors (Lipinski definition) is 1. The van der Waals surface area contributed by atoms with Crippen LogP contribution < -0.4 is 5.32 Å². The average Bonchev–Trinajstić information content (AvgIpc) is 3.13. The summed E-state index contributed by atoms with van der Waals surface area (Å²) in [6.07, 6.45) is 4.08. The summed E-state index contributed by atoms with van der Waals surface area (Å²) in [5.74, 6) is 0.349. The summed E-state index contributed by atoms with van der Waals surface area (Å²) in [6.45, 7) is 1.54. The highest BCUT2D eigenvalue weighted by Gasteiger charge is 2.25. The highest BCUT2D eigenvalue weighted by molar-refractivity contribution is 5.54. The van der Waals surface area contributed by atoms with Crippen molar-refractivity contribution in [3.8, 4) is 0 Å². The fourth-order valence-electron chi connectivity index (χ4n) is 1.73. The zero-order valence-corrected chi connectivity index (χ0v) is 9.80. The molecule has 1 aliphatic carbocycles. The van der Waals surface area contributed by atoms with Crippen molar-refractivity contribution in [3.05, 3.63) is 28.4 Å². The summed E-state index contributed by atoms with van der Waals surface area (Å²) in [7, 11) is 2.08. The van der Waals surface area contributed by atoms with Crippen LogP contribution in [-0.4, -0.2) is 41.0 Å². The molecule has 1 fully saturated rings. The number of nitrogens with zero attached hydrogens (tertiary/aromatic N) is 3. The number of rotatable bonds is 6. The summed E-state index contributed by atoms with van der Waals surface area (Å²) in [6, 6.07) is 3.73. The zero-order valence-electron chi connectivity index (χ0n) is 9.80. The molecule has 0 radical (unpaired) electrons. The van der Waals surface area contributed by atoms with E-state index in [2.05, 4.69) is 22.2 Å². The summed E-state index contributed by atoms with van der Waals surface area (Å²) in [5.41, 5.74) is 0.0292. The van der Waals surface area contributed by atoms with E-state index < -0.39 is 4.92 Å². The summed E-state index contributed by atoms with van der Waals surface area (Å²) in [4.78, 5) is 16.6. The number of aromatic nitrogens is 1. The van der Waals surface area contributed by atoms with E-state index in [0.717, 1.165) is 6.54 Å². The number of anilines is 1. The van der Waals surface area contributed by atoms with E-state index in [1.54, 1.807) is 12.3 Å². The molecule has 0 aromatic carbocycles. The Labute approximate surface area is 99.8 Å². The lowest BCUT2D eigenvalue weighted by Gasteiger charge is -2.15. The van der Waals surface area contributed by atoms with E-state index in [9.17, 15) is 10.1 Å². The van der Waals surface area contributed by atoms with E-state index in [4.69, 9.17) is 0 Å². The molecule has 2 rings (SSSR count). The lowest BCUT2D eigenvalue weighted by Crippen LogP contribution is -2.27. The van der Waals surface area contributed by atoms with Crippen LogP contribution in [0, 0.1) is 10.1 Å². The molecule has 1 N–H and O–H groups in total. The van der Waals surface area contributed by atoms with Gasteiger partial charge in [-0.15, -0.1) is 0 Å². The molecule has 1 aromatic heterocycles. The topological polar surface area (TPSA) is 71.3 Å². The maximum absolute atomic E-state index is 10.8. The maximum atomic E-state index is 10.8. The lowest BCUT2D eigenvalue weighted by atomic mass is 10.4. The van der Waals surface area contributed by atoms with Gasteiger partial charge in [-0.25, -0.2) is 4.98 Å². The Balaban J connectivity index is 1.87. The van der Waals surface area contributed by atoms with E-state index in [0.29, 0.717) is 18.4 Å². The van der Waals surface area contributed by atoms with Crippen molar-refractivity contribution in [1.29, 1.82) is 0 Å². The molecule has 0 aliphatic heterocycles. The summed E-state index contributed by atoms with van der Waals surface area (Å²) < 4.78 is 0. The third kappa shape index (κ3) is 3.13. The van der Waals surface area contributed by atoms with Gasteiger partial charge >= 0.3 is 5.69 Å². The monoisotopic (exact) mass is 236 g/mol. The first-order valence-electron chi connectivity index (χ1n) is 5.72. The van der Waals surface area contributed by atoms with Crippen molar-refractivity contribution >= 4 is 11.5 Å². The molecular weight excluding hydrogens is 220 g/mol. The van der Waals surface area contributed by atoms with Crippen molar-refractivity contribution < 1.29 is 4.92 Å². The molecule has 0 bridgehead atoms. The Hall–Kier alpha value is -1.69. The first kappa shape index (κ1) is 11.8. The largest absolute Gasteiger partial charge is 0.363 e. The van der Waals surface area contributed by atoms with Gasteiger partial charge in [0.05, 0.1) is 4.92 Å². The first-order valence-corrected chi connectivity index (χ1v) is 5.72. The van der Waals surface area contributed by atoms with E-state index in [-0.39, 0.29) is 5.69 Å². The lowest BCUT2D eigenvalue weighted by molar-refractivity contribution is -0.384. The van der Waals surface area contributed by atoms with Gasteiger partial charge in [0.25, 0.3) is 0 Å². The smallest absolute Gasteiger partial charge is 0.311 e. The van der Waals surface area contributed by atoms with Crippen LogP contribution in [0.5, 0.6) is 0 Å². The molecule has 0 saturated heterocycles. The molecule has 17 heavy (non-hydrogen) atoms. The van der Waals surface area contributed by atoms with Gasteiger partial charge in [-0.05, 0) is 26.0 Å². The highest BCUT2D eigenvalue weighted by Crippen LogP contribution is 2.25. The molecule has 92 valence electrons. The Morgan fingerprint density at radius 2 is 2.41 bits per heavy atom. The second kappa shape index (κ2) is 5.09. The SMILES string of the molecule is CN(CCNc1ncccc1[N+](=O)[O-])C1CC1. The predicted molar refractivity (Wildman–Crippen MR) is 65.0 cm³/mol. The van der Waals surface area contributed by atoms with E-state index in [1.165, 1.54) is 18.9 Å². The molecule has 1 heterocycles. The molecule has 1 aromatic rings. The Bertz CT molecular complexity index is 406. The highest BCUT2D eigenvalue weighted by atomic mass is 16.6. The Morgan fingerprint density at radius 1 is 1.65 bits per heavy atom. The maximum Gasteiger partial charge on any atom is 0.311 e. The molecule has 1 aliphatic rings. The van der Waals surface area contributed by atoms with Gasteiger partial charge in [0, 0.05) is 31.4 Å². The van der Waals surface area contributed by atoms with Gasteiger partial charge in [0.15, 0.2) is 0 Å². The van der Waals surface area contributed by atoms with Gasteiger partial charge in [-0.1, -0.05) is 0 Å². The molecular formula is C11H16N4O2. The van der Waals surface area contributed by atoms with Crippen molar-refractivity contribution in [2.75, 3.05) is 25.5 Å². The van der Waals surface area contributed by atoms with Gasteiger partial charge in [-0.3, -0.25) is 10.1 Å². The number of nitro groups is 1. The molecule has 0 amide bonds. The molecule has 0 spiro atoms. The third-order valence-corrected chi connectivity index (χ3v) is 2.91. The fourth-order valence-corrected chi connectivity index (χ4v) is 1.73. The minimum absolute atomic E-state index is 0.0292. The standard InChI is InChI=1S/C11H16N4O2/c1-14(9-4-5-9)8-7-13-11-10(15(16)17)3-2-6-12-11/h2-3,6,9H,4-5,7-8H2,1H3,(H,12,13). The van der Waals surface area contributed by atoms with E-state index >= 15 is 0 Å². The number of likely N-dealkylation sites (N-methyl/N-ethyl adjacent to an activating group) is 1. The third-order valence-electron chi connectivity index (χ3n) is 2.91. The predicted octanol–water partition coefficient (Wildman–Crippen LogP) is 1.50. The van der Waals surface area contributed by atoms with Crippen LogP contribution in [0.25, 0.3) is 0 Å². The first-order chi connectivity index (χ1) is 8.18. The van der Waals surface area contributed by atoms with Crippen LogP contribution in [0.1, 0.15) is 12.8 Å². The van der Waals surface area contributed by atoms with Gasteiger partial charge in [-0.2, -0.15) is 0 Å². The van der Waals surface area contributed by atoms with Crippen LogP contribution in [0.2, 0.25) is 0 Å². The summed E-state index contributed by atoms with van der Waals surface area (Å²) in [5, 5.41) is 13.8. The zero-order chi connectivity index (χ0) is 12.3. The van der Waals surface area contributed by atoms with Crippen LogP contribution >= 0.6 is 0 Å². The number of hydrogen-bond acceptors (Lipinski definition) is 5. The minimum Gasteiger partial charge on any atom is -0.363 e. The second-order valence-electron chi connectivity index (χ2n) is 4.27. The Kier molecular flexibility index (Phi) is 3.53. The quantitative estimate of drug-likeness (QED) is 0.598. The van der Waals surface area contributed by atoms with Crippen molar-refractivity contribution in [2.45, 2.75) is 18.9 Å². The van der Waals surface area contributed by atoms with Gasteiger partial charge in [0.2, 0.25) is 5.82 Å². The molecule has 6 nitrogen and oxygen atoms in total.